The van der Waals surface area contributed by atoms with Gasteiger partial charge in [0.2, 0.25) is 0 Å². The molecule has 1 aromatic heterocycles. The first-order valence-electron chi connectivity index (χ1n) is 6.75. The Morgan fingerprint density at radius 1 is 1.57 bits per heavy atom. The molecule has 0 aromatic carbocycles. The minimum absolute atomic E-state index is 0.0945. The third-order valence-electron chi connectivity index (χ3n) is 3.26. The average molecular weight is 297 g/mol. The SMILES string of the molecule is Cn1cnnc1CCNC(=O)N1CCOC(CC(=O)O)C1. The number of urea groups is 1. The van der Waals surface area contributed by atoms with Crippen LogP contribution in [0.5, 0.6) is 0 Å². The number of aryl methyl sites for hydroxylation is 1. The summed E-state index contributed by atoms with van der Waals surface area (Å²) in [5, 5.41) is 19.2. The van der Waals surface area contributed by atoms with Crippen LogP contribution in [0.1, 0.15) is 12.2 Å². The number of hydrogen-bond donors (Lipinski definition) is 2. The number of amides is 2. The second kappa shape index (κ2) is 7.02. The summed E-state index contributed by atoms with van der Waals surface area (Å²) in [6.07, 6.45) is 1.66. The molecule has 0 spiro atoms. The highest BCUT2D eigenvalue weighted by atomic mass is 16.5. The second-order valence-corrected chi connectivity index (χ2v) is 4.88. The molecule has 2 heterocycles. The Labute approximate surface area is 121 Å². The van der Waals surface area contributed by atoms with Gasteiger partial charge >= 0.3 is 12.0 Å². The number of hydrogen-bond acceptors (Lipinski definition) is 5. The summed E-state index contributed by atoms with van der Waals surface area (Å²) in [6, 6.07) is -0.212. The van der Waals surface area contributed by atoms with Crippen molar-refractivity contribution in [2.24, 2.45) is 7.05 Å². The Morgan fingerprint density at radius 2 is 2.38 bits per heavy atom. The van der Waals surface area contributed by atoms with E-state index in [-0.39, 0.29) is 12.5 Å². The Balaban J connectivity index is 1.75. The fraction of sp³-hybridized carbons (Fsp3) is 0.667. The van der Waals surface area contributed by atoms with Crippen molar-refractivity contribution >= 4 is 12.0 Å². The fourth-order valence-electron chi connectivity index (χ4n) is 2.15. The van der Waals surface area contributed by atoms with E-state index >= 15 is 0 Å². The maximum absolute atomic E-state index is 12.0. The topological polar surface area (TPSA) is 110 Å². The molecular weight excluding hydrogens is 278 g/mol. The van der Waals surface area contributed by atoms with Crippen LogP contribution in [0.25, 0.3) is 0 Å². The Morgan fingerprint density at radius 3 is 3.05 bits per heavy atom. The molecule has 2 N–H and O–H groups in total. The molecule has 1 unspecified atom stereocenters. The van der Waals surface area contributed by atoms with Crippen molar-refractivity contribution in [3.05, 3.63) is 12.2 Å². The van der Waals surface area contributed by atoms with E-state index < -0.39 is 12.1 Å². The summed E-state index contributed by atoms with van der Waals surface area (Å²) in [4.78, 5) is 24.3. The van der Waals surface area contributed by atoms with Crippen LogP contribution in [0, 0.1) is 0 Å². The van der Waals surface area contributed by atoms with Crippen molar-refractivity contribution in [2.75, 3.05) is 26.2 Å². The number of nitrogens with one attached hydrogen (secondary N) is 1. The molecule has 0 radical (unpaired) electrons. The number of carbonyl (C=O) groups is 2. The summed E-state index contributed by atoms with van der Waals surface area (Å²) in [7, 11) is 1.84. The van der Waals surface area contributed by atoms with Gasteiger partial charge in [-0.25, -0.2) is 4.79 Å². The third-order valence-corrected chi connectivity index (χ3v) is 3.26. The number of nitrogens with zero attached hydrogens (tertiary/aromatic N) is 4. The molecule has 116 valence electrons. The summed E-state index contributed by atoms with van der Waals surface area (Å²) in [5.41, 5.74) is 0. The average Bonchev–Trinajstić information content (AvgIpc) is 2.84. The fourth-order valence-corrected chi connectivity index (χ4v) is 2.15. The molecule has 21 heavy (non-hydrogen) atoms. The molecule has 1 atom stereocenters. The van der Waals surface area contributed by atoms with E-state index in [1.807, 2.05) is 7.05 Å². The largest absolute Gasteiger partial charge is 0.481 e. The number of morpholine rings is 1. The van der Waals surface area contributed by atoms with Gasteiger partial charge in [0.05, 0.1) is 19.1 Å². The van der Waals surface area contributed by atoms with Crippen molar-refractivity contribution in [1.82, 2.24) is 25.0 Å². The number of carbonyl (C=O) groups excluding carboxylic acids is 1. The molecule has 9 heteroatoms. The van der Waals surface area contributed by atoms with Crippen molar-refractivity contribution in [1.29, 1.82) is 0 Å². The first-order chi connectivity index (χ1) is 10.1. The number of aromatic nitrogens is 3. The molecule has 0 bridgehead atoms. The molecule has 0 saturated carbocycles. The zero-order valence-corrected chi connectivity index (χ0v) is 11.9. The van der Waals surface area contributed by atoms with Crippen LogP contribution in [-0.2, 0) is 23.0 Å². The minimum atomic E-state index is -0.926. The first kappa shape index (κ1) is 15.2. The monoisotopic (exact) mass is 297 g/mol. The van der Waals surface area contributed by atoms with Gasteiger partial charge in [0.15, 0.2) is 0 Å². The van der Waals surface area contributed by atoms with Gasteiger partial charge in [-0.1, -0.05) is 0 Å². The molecule has 1 saturated heterocycles. The predicted octanol–water partition coefficient (Wildman–Crippen LogP) is -0.757. The van der Waals surface area contributed by atoms with Crippen molar-refractivity contribution in [3.63, 3.8) is 0 Å². The van der Waals surface area contributed by atoms with Gasteiger partial charge < -0.3 is 24.6 Å². The lowest BCUT2D eigenvalue weighted by atomic mass is 10.2. The molecule has 1 fully saturated rings. The molecule has 0 aliphatic carbocycles. The Bertz CT molecular complexity index is 504. The van der Waals surface area contributed by atoms with Gasteiger partial charge in [0.1, 0.15) is 12.2 Å². The highest BCUT2D eigenvalue weighted by Gasteiger charge is 2.25. The highest BCUT2D eigenvalue weighted by molar-refractivity contribution is 5.74. The third kappa shape index (κ3) is 4.42. The number of carboxylic acids is 1. The van der Waals surface area contributed by atoms with Crippen LogP contribution < -0.4 is 5.32 Å². The van der Waals surface area contributed by atoms with Gasteiger partial charge in [-0.2, -0.15) is 0 Å². The van der Waals surface area contributed by atoms with Crippen LogP contribution in [-0.4, -0.2) is 69.1 Å². The van der Waals surface area contributed by atoms with E-state index in [4.69, 9.17) is 9.84 Å². The van der Waals surface area contributed by atoms with Crippen molar-refractivity contribution in [2.45, 2.75) is 18.9 Å². The molecular formula is C12H19N5O4. The summed E-state index contributed by atoms with van der Waals surface area (Å²) in [6.45, 7) is 1.56. The van der Waals surface area contributed by atoms with Crippen LogP contribution >= 0.6 is 0 Å². The smallest absolute Gasteiger partial charge is 0.317 e. The Hall–Kier alpha value is -2.16. The zero-order valence-electron chi connectivity index (χ0n) is 11.9. The van der Waals surface area contributed by atoms with E-state index in [1.54, 1.807) is 15.8 Å². The standard InChI is InChI=1S/C12H19N5O4/c1-16-8-14-15-10(16)2-3-13-12(20)17-4-5-21-9(7-17)6-11(18)19/h8-9H,2-7H2,1H3,(H,13,20)(H,18,19). The van der Waals surface area contributed by atoms with Crippen LogP contribution in [0.3, 0.4) is 0 Å². The molecule has 1 aromatic rings. The quantitative estimate of drug-likeness (QED) is 0.739. The van der Waals surface area contributed by atoms with Crippen LogP contribution in [0.2, 0.25) is 0 Å². The first-order valence-corrected chi connectivity index (χ1v) is 6.75. The zero-order chi connectivity index (χ0) is 15.2. The normalized spacial score (nSPS) is 18.5. The predicted molar refractivity (Wildman–Crippen MR) is 71.7 cm³/mol. The maximum Gasteiger partial charge on any atom is 0.317 e. The highest BCUT2D eigenvalue weighted by Crippen LogP contribution is 2.08. The van der Waals surface area contributed by atoms with Crippen molar-refractivity contribution in [3.8, 4) is 0 Å². The van der Waals surface area contributed by atoms with E-state index in [1.165, 1.54) is 0 Å². The Kier molecular flexibility index (Phi) is 5.09. The molecule has 1 aliphatic rings. The molecule has 9 nitrogen and oxygen atoms in total. The van der Waals surface area contributed by atoms with E-state index in [0.29, 0.717) is 32.7 Å². The van der Waals surface area contributed by atoms with Gasteiger partial charge in [0.25, 0.3) is 0 Å². The van der Waals surface area contributed by atoms with Gasteiger partial charge in [0, 0.05) is 33.1 Å². The van der Waals surface area contributed by atoms with Crippen molar-refractivity contribution < 1.29 is 19.4 Å². The van der Waals surface area contributed by atoms with E-state index in [0.717, 1.165) is 5.82 Å². The van der Waals surface area contributed by atoms with Crippen LogP contribution in [0.15, 0.2) is 6.33 Å². The molecule has 2 rings (SSSR count). The molecule has 1 aliphatic heterocycles. The minimum Gasteiger partial charge on any atom is -0.481 e. The molecule has 2 amide bonds. The summed E-state index contributed by atoms with van der Waals surface area (Å²) < 4.78 is 7.12. The number of rotatable bonds is 5. The lowest BCUT2D eigenvalue weighted by Crippen LogP contribution is -2.50. The van der Waals surface area contributed by atoms with Crippen LogP contribution in [0.4, 0.5) is 4.79 Å². The summed E-state index contributed by atoms with van der Waals surface area (Å²) >= 11 is 0. The van der Waals surface area contributed by atoms with Gasteiger partial charge in [-0.15, -0.1) is 10.2 Å². The van der Waals surface area contributed by atoms with E-state index in [2.05, 4.69) is 15.5 Å². The number of aliphatic carboxylic acids is 1. The lowest BCUT2D eigenvalue weighted by molar-refractivity contribution is -0.141. The summed E-state index contributed by atoms with van der Waals surface area (Å²) in [5.74, 6) is -0.134. The van der Waals surface area contributed by atoms with Gasteiger partial charge in [-0.3, -0.25) is 4.79 Å². The number of carboxylic acid groups (broad SMARTS) is 1. The van der Waals surface area contributed by atoms with Gasteiger partial charge in [-0.05, 0) is 0 Å². The maximum atomic E-state index is 12.0. The lowest BCUT2D eigenvalue weighted by Gasteiger charge is -2.32. The second-order valence-electron chi connectivity index (χ2n) is 4.88. The van der Waals surface area contributed by atoms with E-state index in [9.17, 15) is 9.59 Å². The number of ether oxygens (including phenoxy) is 1.